The van der Waals surface area contributed by atoms with Gasteiger partial charge in [-0.1, -0.05) is 6.07 Å². The van der Waals surface area contributed by atoms with E-state index in [1.165, 1.54) is 12.1 Å². The van der Waals surface area contributed by atoms with E-state index in [0.29, 0.717) is 18.6 Å². The Morgan fingerprint density at radius 2 is 1.78 bits per heavy atom. The van der Waals surface area contributed by atoms with Gasteiger partial charge in [-0.25, -0.2) is 13.1 Å². The number of fused-ring (bicyclic) bond motifs is 3. The number of carbonyl (C=O) groups is 2. The first-order valence-electron chi connectivity index (χ1n) is 13.5. The lowest BCUT2D eigenvalue weighted by Crippen LogP contribution is -2.49. The van der Waals surface area contributed by atoms with Crippen molar-refractivity contribution in [3.8, 4) is 17.2 Å². The maximum Gasteiger partial charge on any atom is 0.573 e. The standard InChI is InChI=1S/C28H26F6N4O6S/c1-45(41,42)15-22(39)35-24-23-21(37-38(24)17-3-5-18(6-4-17)44-28(32,33)34)14-26(36-25(23)40)11-9-16-13-19(7-8-20(16)26)43-12-2-10-27(29,30)31/h3-8,13H,2,9-12,14-15H2,1H3,(H,35,39)(H,36,40)/t26-/m0/s1. The second-order valence-corrected chi connectivity index (χ2v) is 13.0. The molecule has 2 aliphatic rings. The second-order valence-electron chi connectivity index (χ2n) is 10.8. The minimum absolute atomic E-state index is 0.0452. The molecule has 0 saturated carbocycles. The zero-order chi connectivity index (χ0) is 32.8. The molecular formula is C28H26F6N4O6S. The topological polar surface area (TPSA) is 129 Å². The number of ether oxygens (including phenoxy) is 2. The number of anilines is 1. The number of halogens is 6. The quantitative estimate of drug-likeness (QED) is 0.254. The van der Waals surface area contributed by atoms with E-state index >= 15 is 0 Å². The molecular weight excluding hydrogens is 634 g/mol. The fourth-order valence-electron chi connectivity index (χ4n) is 5.53. The highest BCUT2D eigenvalue weighted by molar-refractivity contribution is 7.91. The van der Waals surface area contributed by atoms with Gasteiger partial charge in [0.05, 0.1) is 23.5 Å². The minimum Gasteiger partial charge on any atom is -0.494 e. The smallest absolute Gasteiger partial charge is 0.494 e. The largest absolute Gasteiger partial charge is 0.573 e. The second kappa shape index (κ2) is 11.6. The van der Waals surface area contributed by atoms with E-state index in [1.54, 1.807) is 18.2 Å². The van der Waals surface area contributed by atoms with Crippen LogP contribution in [0.3, 0.4) is 0 Å². The average molecular weight is 661 g/mol. The van der Waals surface area contributed by atoms with Gasteiger partial charge in [0.15, 0.2) is 9.84 Å². The molecule has 5 rings (SSSR count). The lowest BCUT2D eigenvalue weighted by molar-refractivity contribution is -0.274. The number of sulfone groups is 1. The molecule has 10 nitrogen and oxygen atoms in total. The summed E-state index contributed by atoms with van der Waals surface area (Å²) in [5.74, 6) is -2.79. The Hall–Kier alpha value is -4.28. The molecule has 1 spiro atoms. The van der Waals surface area contributed by atoms with Crippen molar-refractivity contribution in [1.29, 1.82) is 0 Å². The molecule has 0 fully saturated rings. The van der Waals surface area contributed by atoms with Crippen molar-refractivity contribution in [2.24, 2.45) is 0 Å². The molecule has 2 N–H and O–H groups in total. The summed E-state index contributed by atoms with van der Waals surface area (Å²) in [7, 11) is -3.76. The first kappa shape index (κ1) is 32.1. The molecule has 0 unspecified atom stereocenters. The van der Waals surface area contributed by atoms with Crippen molar-refractivity contribution in [3.63, 3.8) is 0 Å². The van der Waals surface area contributed by atoms with Crippen molar-refractivity contribution in [3.05, 3.63) is 64.8 Å². The predicted molar refractivity (Wildman–Crippen MR) is 147 cm³/mol. The third-order valence-corrected chi connectivity index (χ3v) is 8.05. The fourth-order valence-corrected chi connectivity index (χ4v) is 6.07. The van der Waals surface area contributed by atoms with Gasteiger partial charge in [-0.15, -0.1) is 13.2 Å². The zero-order valence-corrected chi connectivity index (χ0v) is 24.3. The van der Waals surface area contributed by atoms with Gasteiger partial charge in [0.2, 0.25) is 5.91 Å². The Labute approximate surface area is 252 Å². The maximum atomic E-state index is 13.6. The van der Waals surface area contributed by atoms with Crippen LogP contribution in [0.25, 0.3) is 5.69 Å². The zero-order valence-electron chi connectivity index (χ0n) is 23.5. The van der Waals surface area contributed by atoms with Crippen LogP contribution >= 0.6 is 0 Å². The number of aryl methyl sites for hydroxylation is 1. The number of nitrogens with one attached hydrogen (secondary N) is 2. The molecule has 2 aromatic carbocycles. The molecule has 242 valence electrons. The molecule has 45 heavy (non-hydrogen) atoms. The molecule has 1 atom stereocenters. The van der Waals surface area contributed by atoms with E-state index in [-0.39, 0.29) is 42.2 Å². The summed E-state index contributed by atoms with van der Waals surface area (Å²) >= 11 is 0. The molecule has 2 heterocycles. The minimum atomic E-state index is -4.93. The van der Waals surface area contributed by atoms with Crippen molar-refractivity contribution in [1.82, 2.24) is 15.1 Å². The molecule has 17 heteroatoms. The normalized spacial score (nSPS) is 17.9. The first-order chi connectivity index (χ1) is 20.9. The predicted octanol–water partition coefficient (Wildman–Crippen LogP) is 4.60. The van der Waals surface area contributed by atoms with E-state index in [1.807, 2.05) is 0 Å². The number of benzene rings is 2. The first-order valence-corrected chi connectivity index (χ1v) is 15.6. The molecule has 1 aliphatic heterocycles. The highest BCUT2D eigenvalue weighted by Crippen LogP contribution is 2.44. The molecule has 0 bridgehead atoms. The summed E-state index contributed by atoms with van der Waals surface area (Å²) in [5.41, 5.74) is 0.977. The maximum absolute atomic E-state index is 13.6. The summed E-state index contributed by atoms with van der Waals surface area (Å²) in [4.78, 5) is 26.3. The number of hydrogen-bond donors (Lipinski definition) is 2. The highest BCUT2D eigenvalue weighted by Gasteiger charge is 2.47. The van der Waals surface area contributed by atoms with E-state index < -0.39 is 57.7 Å². The van der Waals surface area contributed by atoms with E-state index in [0.717, 1.165) is 34.2 Å². The number of amides is 2. The fraction of sp³-hybridized carbons (Fsp3) is 0.393. The molecule has 1 aliphatic carbocycles. The van der Waals surface area contributed by atoms with Crippen LogP contribution < -0.4 is 20.1 Å². The van der Waals surface area contributed by atoms with Crippen molar-refractivity contribution >= 4 is 27.5 Å². The number of rotatable bonds is 9. The van der Waals surface area contributed by atoms with Crippen molar-refractivity contribution in [2.45, 2.75) is 50.2 Å². The Kier molecular flexibility index (Phi) is 8.26. The van der Waals surface area contributed by atoms with Crippen LogP contribution in [0.4, 0.5) is 32.2 Å². The van der Waals surface area contributed by atoms with E-state index in [9.17, 15) is 44.3 Å². The Balaban J connectivity index is 1.45. The third kappa shape index (κ3) is 7.51. The Bertz CT molecular complexity index is 1740. The van der Waals surface area contributed by atoms with Gasteiger partial charge in [0, 0.05) is 19.1 Å². The molecule has 1 aromatic heterocycles. The van der Waals surface area contributed by atoms with Crippen LogP contribution in [0.15, 0.2) is 42.5 Å². The van der Waals surface area contributed by atoms with Gasteiger partial charge < -0.3 is 20.1 Å². The van der Waals surface area contributed by atoms with E-state index in [2.05, 4.69) is 20.5 Å². The van der Waals surface area contributed by atoms with Crippen molar-refractivity contribution < 1.29 is 53.8 Å². The highest BCUT2D eigenvalue weighted by atomic mass is 32.2. The van der Waals surface area contributed by atoms with Crippen LogP contribution in [0.5, 0.6) is 11.5 Å². The van der Waals surface area contributed by atoms with Crippen LogP contribution in [0.1, 0.15) is 46.4 Å². The number of carbonyl (C=O) groups excluding carboxylic acids is 2. The van der Waals surface area contributed by atoms with Gasteiger partial charge in [0.25, 0.3) is 5.91 Å². The average Bonchev–Trinajstić information content (AvgIpc) is 3.42. The van der Waals surface area contributed by atoms with Gasteiger partial charge >= 0.3 is 12.5 Å². The summed E-state index contributed by atoms with van der Waals surface area (Å²) in [5, 5.41) is 9.92. The van der Waals surface area contributed by atoms with Gasteiger partial charge in [-0.3, -0.25) is 9.59 Å². The molecule has 0 radical (unpaired) electrons. The van der Waals surface area contributed by atoms with Crippen LogP contribution in [-0.2, 0) is 33.0 Å². The Morgan fingerprint density at radius 1 is 1.09 bits per heavy atom. The van der Waals surface area contributed by atoms with Gasteiger partial charge in [0.1, 0.15) is 28.6 Å². The summed E-state index contributed by atoms with van der Waals surface area (Å²) < 4.78 is 109. The van der Waals surface area contributed by atoms with E-state index in [4.69, 9.17) is 4.74 Å². The number of alkyl halides is 6. The monoisotopic (exact) mass is 660 g/mol. The molecule has 0 saturated heterocycles. The lowest BCUT2D eigenvalue weighted by Gasteiger charge is -2.35. The molecule has 3 aromatic rings. The SMILES string of the molecule is CS(=O)(=O)CC(=O)Nc1c2c(nn1-c1ccc(OC(F)(F)F)cc1)C[C@]1(CCc3cc(OCCCC(F)(F)F)ccc31)NC2=O. The van der Waals surface area contributed by atoms with Crippen LogP contribution in [0.2, 0.25) is 0 Å². The third-order valence-electron chi connectivity index (χ3n) is 7.26. The van der Waals surface area contributed by atoms with Gasteiger partial charge in [-0.2, -0.15) is 18.3 Å². The Morgan fingerprint density at radius 3 is 2.42 bits per heavy atom. The van der Waals surface area contributed by atoms with Crippen LogP contribution in [0, 0.1) is 0 Å². The summed E-state index contributed by atoms with van der Waals surface area (Å²) in [6.07, 6.45) is -8.44. The van der Waals surface area contributed by atoms with Gasteiger partial charge in [-0.05, 0) is 66.8 Å². The lowest BCUT2D eigenvalue weighted by atomic mass is 9.82. The summed E-state index contributed by atoms with van der Waals surface area (Å²) in [6, 6.07) is 9.51. The molecule has 2 amide bonds. The van der Waals surface area contributed by atoms with Crippen LogP contribution in [-0.4, -0.2) is 61.2 Å². The number of hydrogen-bond acceptors (Lipinski definition) is 7. The van der Waals surface area contributed by atoms with Crippen molar-refractivity contribution in [2.75, 3.05) is 23.9 Å². The summed E-state index contributed by atoms with van der Waals surface area (Å²) in [6.45, 7) is -0.127. The number of nitrogens with zero attached hydrogens (tertiary/aromatic N) is 2. The number of aromatic nitrogens is 2.